The highest BCUT2D eigenvalue weighted by atomic mass is 79.9. The molecule has 0 radical (unpaired) electrons. The zero-order chi connectivity index (χ0) is 24.0. The summed E-state index contributed by atoms with van der Waals surface area (Å²) in [5, 5.41) is 20.0. The molecule has 1 atom stereocenters. The van der Waals surface area contributed by atoms with Crippen molar-refractivity contribution < 1.29 is 14.4 Å². The van der Waals surface area contributed by atoms with Crippen LogP contribution in [0.4, 0.5) is 0 Å². The van der Waals surface area contributed by atoms with Gasteiger partial charge < -0.3 is 9.47 Å². The predicted octanol–water partition coefficient (Wildman–Crippen LogP) is 5.17. The lowest BCUT2D eigenvalue weighted by Gasteiger charge is -2.18. The van der Waals surface area contributed by atoms with E-state index < -0.39 is 5.25 Å². The molecule has 2 aromatic carbocycles. The number of halogens is 1. The molecule has 0 unspecified atom stereocenters. The van der Waals surface area contributed by atoms with Crippen LogP contribution in [-0.4, -0.2) is 39.4 Å². The van der Waals surface area contributed by atoms with E-state index in [0.717, 1.165) is 11.3 Å². The van der Waals surface area contributed by atoms with Crippen molar-refractivity contribution in [3.05, 3.63) is 67.9 Å². The van der Waals surface area contributed by atoms with Crippen molar-refractivity contribution in [3.8, 4) is 29.5 Å². The number of hydrogen-bond acceptors (Lipinski definition) is 7. The molecule has 0 aliphatic heterocycles. The molecule has 0 saturated heterocycles. The second-order valence-electron chi connectivity index (χ2n) is 7.08. The maximum absolute atomic E-state index is 11.5. The molecule has 8 nitrogen and oxygen atoms in total. The Morgan fingerprint density at radius 1 is 1.24 bits per heavy atom. The summed E-state index contributed by atoms with van der Waals surface area (Å²) in [5.74, 6) is 4.04. The minimum absolute atomic E-state index is 0.0734. The molecule has 1 heterocycles. The highest BCUT2D eigenvalue weighted by molar-refractivity contribution is 9.10. The lowest BCUT2D eigenvalue weighted by molar-refractivity contribution is -0.479. The van der Waals surface area contributed by atoms with Gasteiger partial charge in [0.15, 0.2) is 16.7 Å². The van der Waals surface area contributed by atoms with E-state index in [1.807, 2.05) is 49.6 Å². The lowest BCUT2D eigenvalue weighted by atomic mass is 10.1. The summed E-state index contributed by atoms with van der Waals surface area (Å²) < 4.78 is 13.8. The second-order valence-corrected chi connectivity index (χ2v) is 9.10. The van der Waals surface area contributed by atoms with Crippen molar-refractivity contribution in [3.63, 3.8) is 0 Å². The molecule has 0 bridgehead atoms. The van der Waals surface area contributed by atoms with Crippen LogP contribution >= 0.6 is 27.7 Å². The van der Waals surface area contributed by atoms with Crippen LogP contribution in [0.25, 0.3) is 5.69 Å². The van der Waals surface area contributed by atoms with Gasteiger partial charge in [0, 0.05) is 10.6 Å². The number of hydrogen-bond donors (Lipinski definition) is 0. The number of thioether (sulfide) groups is 1. The summed E-state index contributed by atoms with van der Waals surface area (Å²) in [5.41, 5.74) is 2.71. The van der Waals surface area contributed by atoms with Crippen molar-refractivity contribution >= 4 is 27.7 Å². The van der Waals surface area contributed by atoms with Crippen LogP contribution in [-0.2, 0) is 0 Å². The van der Waals surface area contributed by atoms with Gasteiger partial charge in [0.05, 0.1) is 11.1 Å². The standard InChI is InChI=1S/C23H23BrN4O4S/c1-5-11-32-22-19(24)12-17(13-20(22)31-6-2)21(14-27(29)30)33-23-26-25-16(4)28(23)18-9-7-15(3)8-10-18/h1,7-10,12-13,21H,6,11,14H2,2-4H3/t21-/m1/s1. The van der Waals surface area contributed by atoms with Crippen molar-refractivity contribution in [2.75, 3.05) is 19.8 Å². The monoisotopic (exact) mass is 530 g/mol. The first-order valence-corrected chi connectivity index (χ1v) is 11.8. The van der Waals surface area contributed by atoms with E-state index in [-0.39, 0.29) is 18.1 Å². The van der Waals surface area contributed by atoms with Crippen LogP contribution in [0.1, 0.15) is 29.1 Å². The van der Waals surface area contributed by atoms with Crippen LogP contribution in [0, 0.1) is 36.3 Å². The highest BCUT2D eigenvalue weighted by Crippen LogP contribution is 2.43. The fraction of sp³-hybridized carbons (Fsp3) is 0.304. The number of rotatable bonds is 10. The van der Waals surface area contributed by atoms with Crippen molar-refractivity contribution in [1.82, 2.24) is 14.8 Å². The molecule has 33 heavy (non-hydrogen) atoms. The zero-order valence-electron chi connectivity index (χ0n) is 18.4. The van der Waals surface area contributed by atoms with E-state index in [1.54, 1.807) is 12.1 Å². The molecule has 3 aromatic rings. The Morgan fingerprint density at radius 2 is 1.97 bits per heavy atom. The van der Waals surface area contributed by atoms with Gasteiger partial charge in [-0.15, -0.1) is 16.6 Å². The summed E-state index contributed by atoms with van der Waals surface area (Å²) in [6.45, 7) is 5.87. The number of ether oxygens (including phenoxy) is 2. The second kappa shape index (κ2) is 11.2. The molecular weight excluding hydrogens is 508 g/mol. The average Bonchev–Trinajstić information content (AvgIpc) is 3.13. The molecule has 0 fully saturated rings. The molecule has 0 amide bonds. The molecule has 0 aliphatic rings. The van der Waals surface area contributed by atoms with Gasteiger partial charge in [-0.05, 0) is 66.5 Å². The third-order valence-corrected chi connectivity index (χ3v) is 6.42. The Hall–Kier alpha value is -3.03. The molecule has 0 N–H and O–H groups in total. The van der Waals surface area contributed by atoms with E-state index in [2.05, 4.69) is 32.0 Å². The third kappa shape index (κ3) is 6.06. The summed E-state index contributed by atoms with van der Waals surface area (Å²) >= 11 is 4.77. The van der Waals surface area contributed by atoms with Crippen LogP contribution < -0.4 is 9.47 Å². The minimum Gasteiger partial charge on any atom is -0.490 e. The Kier molecular flexibility index (Phi) is 8.36. The Morgan fingerprint density at radius 3 is 2.61 bits per heavy atom. The summed E-state index contributed by atoms with van der Waals surface area (Å²) in [7, 11) is 0. The van der Waals surface area contributed by atoms with E-state index in [1.165, 1.54) is 11.8 Å². The van der Waals surface area contributed by atoms with E-state index in [9.17, 15) is 10.1 Å². The molecular formula is C23H23BrN4O4S. The van der Waals surface area contributed by atoms with Crippen molar-refractivity contribution in [2.24, 2.45) is 0 Å². The van der Waals surface area contributed by atoms with Gasteiger partial charge in [0.25, 0.3) is 0 Å². The van der Waals surface area contributed by atoms with Crippen LogP contribution in [0.15, 0.2) is 46.0 Å². The summed E-state index contributed by atoms with van der Waals surface area (Å²) in [6, 6.07) is 11.5. The first-order valence-electron chi connectivity index (χ1n) is 10.1. The largest absolute Gasteiger partial charge is 0.490 e. The topological polar surface area (TPSA) is 92.3 Å². The minimum atomic E-state index is -0.551. The fourth-order valence-electron chi connectivity index (χ4n) is 3.17. The number of benzene rings is 2. The molecule has 172 valence electrons. The third-order valence-electron chi connectivity index (χ3n) is 4.65. The Labute approximate surface area is 205 Å². The SMILES string of the molecule is C#CCOc1c(Br)cc([C@@H](C[N+](=O)[O-])Sc2nnc(C)n2-c2ccc(C)cc2)cc1OCC. The maximum atomic E-state index is 11.5. The van der Waals surface area contributed by atoms with Gasteiger partial charge in [-0.25, -0.2) is 0 Å². The van der Waals surface area contributed by atoms with Gasteiger partial charge in [-0.1, -0.05) is 35.4 Å². The van der Waals surface area contributed by atoms with E-state index in [0.29, 0.717) is 39.1 Å². The number of aryl methyl sites for hydroxylation is 2. The van der Waals surface area contributed by atoms with Crippen LogP contribution in [0.3, 0.4) is 0 Å². The zero-order valence-corrected chi connectivity index (χ0v) is 20.9. The van der Waals surface area contributed by atoms with Crippen molar-refractivity contribution in [1.29, 1.82) is 0 Å². The van der Waals surface area contributed by atoms with Gasteiger partial charge in [-0.2, -0.15) is 0 Å². The maximum Gasteiger partial charge on any atom is 0.220 e. The Balaban J connectivity index is 2.02. The highest BCUT2D eigenvalue weighted by Gasteiger charge is 2.26. The molecule has 0 aliphatic carbocycles. The average molecular weight is 531 g/mol. The van der Waals surface area contributed by atoms with Gasteiger partial charge in [0.1, 0.15) is 17.7 Å². The molecule has 1 aromatic heterocycles. The summed E-state index contributed by atoms with van der Waals surface area (Å²) in [6.07, 6.45) is 5.32. The van der Waals surface area contributed by atoms with Gasteiger partial charge in [-0.3, -0.25) is 14.7 Å². The molecule has 10 heteroatoms. The van der Waals surface area contributed by atoms with Crippen LogP contribution in [0.5, 0.6) is 11.5 Å². The predicted molar refractivity (Wildman–Crippen MR) is 131 cm³/mol. The van der Waals surface area contributed by atoms with Crippen molar-refractivity contribution in [2.45, 2.75) is 31.2 Å². The lowest BCUT2D eigenvalue weighted by Crippen LogP contribution is -2.12. The number of nitro groups is 1. The first-order chi connectivity index (χ1) is 15.8. The normalized spacial score (nSPS) is 11.6. The van der Waals surface area contributed by atoms with Gasteiger partial charge in [0.2, 0.25) is 6.54 Å². The van der Waals surface area contributed by atoms with E-state index >= 15 is 0 Å². The van der Waals surface area contributed by atoms with E-state index in [4.69, 9.17) is 15.9 Å². The number of aromatic nitrogens is 3. The van der Waals surface area contributed by atoms with Crippen LogP contribution in [0.2, 0.25) is 0 Å². The number of terminal acetylenes is 1. The quantitative estimate of drug-likeness (QED) is 0.154. The Bertz CT molecular complexity index is 1170. The smallest absolute Gasteiger partial charge is 0.220 e. The molecule has 0 spiro atoms. The first kappa shape index (κ1) is 24.6. The fourth-order valence-corrected chi connectivity index (χ4v) is 4.90. The summed E-state index contributed by atoms with van der Waals surface area (Å²) in [4.78, 5) is 11.2. The van der Waals surface area contributed by atoms with Gasteiger partial charge >= 0.3 is 0 Å². The molecule has 0 saturated carbocycles. The number of nitrogens with zero attached hydrogens (tertiary/aromatic N) is 4. The molecule has 3 rings (SSSR count).